The van der Waals surface area contributed by atoms with Crippen LogP contribution in [0.1, 0.15) is 11.3 Å². The fraction of sp³-hybridized carbons (Fsp3) is 0.231. The van der Waals surface area contributed by atoms with Crippen molar-refractivity contribution in [1.82, 2.24) is 5.32 Å². The van der Waals surface area contributed by atoms with E-state index in [1.807, 2.05) is 6.92 Å². The van der Waals surface area contributed by atoms with Crippen LogP contribution in [0.3, 0.4) is 0 Å². The van der Waals surface area contributed by atoms with Crippen LogP contribution in [0.15, 0.2) is 39.8 Å². The Balaban J connectivity index is 2.23. The molecular formula is C13H15ClN2O3S. The smallest absolute Gasteiger partial charge is 0.295 e. The predicted octanol–water partition coefficient (Wildman–Crippen LogP) is 2.76. The van der Waals surface area contributed by atoms with E-state index in [1.165, 1.54) is 6.07 Å². The van der Waals surface area contributed by atoms with Crippen molar-refractivity contribution in [3.63, 3.8) is 0 Å². The number of hydrogen-bond donors (Lipinski definition) is 2. The van der Waals surface area contributed by atoms with Crippen LogP contribution < -0.4 is 10.0 Å². The molecule has 0 spiro atoms. The summed E-state index contributed by atoms with van der Waals surface area (Å²) in [6.07, 6.45) is 0. The normalized spacial score (nSPS) is 11.6. The Kier molecular flexibility index (Phi) is 4.37. The van der Waals surface area contributed by atoms with Crippen molar-refractivity contribution in [3.05, 3.63) is 46.7 Å². The van der Waals surface area contributed by atoms with Crippen molar-refractivity contribution >= 4 is 27.3 Å². The van der Waals surface area contributed by atoms with Gasteiger partial charge in [-0.2, -0.15) is 8.42 Å². The van der Waals surface area contributed by atoms with Crippen LogP contribution in [-0.4, -0.2) is 15.5 Å². The van der Waals surface area contributed by atoms with E-state index >= 15 is 0 Å². The van der Waals surface area contributed by atoms with Crippen molar-refractivity contribution in [2.24, 2.45) is 0 Å². The zero-order chi connectivity index (χ0) is 14.8. The highest BCUT2D eigenvalue weighted by Crippen LogP contribution is 2.23. The first-order chi connectivity index (χ1) is 9.42. The number of nitrogens with one attached hydrogen (secondary N) is 2. The molecule has 1 heterocycles. The topological polar surface area (TPSA) is 71.3 Å². The molecule has 2 aromatic rings. The standard InChI is InChI=1S/C13H15ClN2O3S/c1-9-3-4-10(7-12(9)14)16-20(17,18)13-6-5-11(19-13)8-15-2/h3-7,15-16H,8H2,1-2H3. The van der Waals surface area contributed by atoms with Crippen LogP contribution in [-0.2, 0) is 16.6 Å². The van der Waals surface area contributed by atoms with E-state index in [9.17, 15) is 8.42 Å². The first-order valence-corrected chi connectivity index (χ1v) is 7.81. The average molecular weight is 315 g/mol. The molecular weight excluding hydrogens is 300 g/mol. The molecule has 0 amide bonds. The third kappa shape index (κ3) is 3.33. The van der Waals surface area contributed by atoms with Gasteiger partial charge in [0.05, 0.1) is 12.2 Å². The van der Waals surface area contributed by atoms with Crippen molar-refractivity contribution in [2.75, 3.05) is 11.8 Å². The molecule has 0 saturated heterocycles. The Hall–Kier alpha value is -1.50. The molecule has 0 aliphatic heterocycles. The lowest BCUT2D eigenvalue weighted by Gasteiger charge is -2.07. The Morgan fingerprint density at radius 3 is 2.65 bits per heavy atom. The molecule has 20 heavy (non-hydrogen) atoms. The van der Waals surface area contributed by atoms with Gasteiger partial charge in [0.2, 0.25) is 5.09 Å². The van der Waals surface area contributed by atoms with Crippen LogP contribution in [0.2, 0.25) is 5.02 Å². The van der Waals surface area contributed by atoms with Gasteiger partial charge in [0.15, 0.2) is 0 Å². The van der Waals surface area contributed by atoms with E-state index in [2.05, 4.69) is 10.0 Å². The van der Waals surface area contributed by atoms with Gasteiger partial charge in [0, 0.05) is 5.02 Å². The van der Waals surface area contributed by atoms with Gasteiger partial charge in [-0.15, -0.1) is 0 Å². The monoisotopic (exact) mass is 314 g/mol. The molecule has 0 aliphatic carbocycles. The largest absolute Gasteiger partial charge is 0.446 e. The van der Waals surface area contributed by atoms with Gasteiger partial charge >= 0.3 is 0 Å². The van der Waals surface area contributed by atoms with Crippen molar-refractivity contribution < 1.29 is 12.8 Å². The summed E-state index contributed by atoms with van der Waals surface area (Å²) >= 11 is 5.97. The minimum Gasteiger partial charge on any atom is -0.446 e. The fourth-order valence-corrected chi connectivity index (χ4v) is 2.82. The number of rotatable bonds is 5. The summed E-state index contributed by atoms with van der Waals surface area (Å²) in [6.45, 7) is 2.31. The van der Waals surface area contributed by atoms with Gasteiger partial charge in [0.25, 0.3) is 10.0 Å². The molecule has 0 aliphatic rings. The van der Waals surface area contributed by atoms with Gasteiger partial charge in [-0.05, 0) is 43.8 Å². The summed E-state index contributed by atoms with van der Waals surface area (Å²) in [7, 11) is -1.99. The quantitative estimate of drug-likeness (QED) is 0.890. The van der Waals surface area contributed by atoms with Crippen LogP contribution in [0.4, 0.5) is 5.69 Å². The number of anilines is 1. The third-order valence-corrected chi connectivity index (χ3v) is 4.34. The van der Waals surface area contributed by atoms with E-state index in [0.717, 1.165) is 5.56 Å². The second-order valence-corrected chi connectivity index (χ2v) is 6.34. The van der Waals surface area contributed by atoms with Crippen LogP contribution in [0, 0.1) is 6.92 Å². The van der Waals surface area contributed by atoms with E-state index in [4.69, 9.17) is 16.0 Å². The van der Waals surface area contributed by atoms with Crippen molar-refractivity contribution in [2.45, 2.75) is 18.6 Å². The fourth-order valence-electron chi connectivity index (χ4n) is 1.63. The Labute approximate surface area is 123 Å². The Morgan fingerprint density at radius 1 is 1.25 bits per heavy atom. The second kappa shape index (κ2) is 5.87. The Morgan fingerprint density at radius 2 is 2.00 bits per heavy atom. The van der Waals surface area contributed by atoms with E-state index in [-0.39, 0.29) is 5.09 Å². The number of sulfonamides is 1. The van der Waals surface area contributed by atoms with Gasteiger partial charge in [-0.1, -0.05) is 17.7 Å². The van der Waals surface area contributed by atoms with Gasteiger partial charge in [0.1, 0.15) is 5.76 Å². The molecule has 2 rings (SSSR count). The van der Waals surface area contributed by atoms with E-state index in [1.54, 1.807) is 31.3 Å². The van der Waals surface area contributed by atoms with Crippen molar-refractivity contribution in [3.8, 4) is 0 Å². The summed E-state index contributed by atoms with van der Waals surface area (Å²) in [5, 5.41) is 3.26. The summed E-state index contributed by atoms with van der Waals surface area (Å²) in [5.74, 6) is 0.551. The maximum absolute atomic E-state index is 12.1. The number of halogens is 1. The number of furan rings is 1. The first-order valence-electron chi connectivity index (χ1n) is 5.94. The molecule has 0 fully saturated rings. The Bertz CT molecular complexity index is 710. The van der Waals surface area contributed by atoms with Gasteiger partial charge in [-0.25, -0.2) is 0 Å². The summed E-state index contributed by atoms with van der Waals surface area (Å²) in [6, 6.07) is 7.99. The molecule has 7 heteroatoms. The number of hydrogen-bond acceptors (Lipinski definition) is 4. The molecule has 0 radical (unpaired) electrons. The maximum Gasteiger partial charge on any atom is 0.295 e. The minimum absolute atomic E-state index is 0.126. The molecule has 2 N–H and O–H groups in total. The second-order valence-electron chi connectivity index (χ2n) is 4.32. The lowest BCUT2D eigenvalue weighted by molar-refractivity contribution is 0.408. The summed E-state index contributed by atoms with van der Waals surface area (Å²) in [4.78, 5) is 0. The SMILES string of the molecule is CNCc1ccc(S(=O)(=O)Nc2ccc(C)c(Cl)c2)o1. The zero-order valence-electron chi connectivity index (χ0n) is 11.1. The lowest BCUT2D eigenvalue weighted by Crippen LogP contribution is -2.12. The molecule has 1 aromatic carbocycles. The third-order valence-electron chi connectivity index (χ3n) is 2.68. The zero-order valence-corrected chi connectivity index (χ0v) is 12.7. The van der Waals surface area contributed by atoms with Gasteiger partial charge in [-0.3, -0.25) is 4.72 Å². The summed E-state index contributed by atoms with van der Waals surface area (Å²) in [5.41, 5.74) is 1.27. The van der Waals surface area contributed by atoms with Crippen LogP contribution >= 0.6 is 11.6 Å². The minimum atomic E-state index is -3.74. The lowest BCUT2D eigenvalue weighted by atomic mass is 10.2. The summed E-state index contributed by atoms with van der Waals surface area (Å²) < 4.78 is 32.0. The highest BCUT2D eigenvalue weighted by molar-refractivity contribution is 7.92. The highest BCUT2D eigenvalue weighted by atomic mass is 35.5. The molecule has 0 atom stereocenters. The average Bonchev–Trinajstić information content (AvgIpc) is 2.83. The number of aryl methyl sites for hydroxylation is 1. The maximum atomic E-state index is 12.1. The molecule has 0 saturated carbocycles. The van der Waals surface area contributed by atoms with Crippen molar-refractivity contribution in [1.29, 1.82) is 0 Å². The molecule has 1 aromatic heterocycles. The molecule has 0 bridgehead atoms. The van der Waals surface area contributed by atoms with Crippen LogP contribution in [0.5, 0.6) is 0 Å². The van der Waals surface area contributed by atoms with E-state index in [0.29, 0.717) is 23.0 Å². The predicted molar refractivity (Wildman–Crippen MR) is 78.5 cm³/mol. The van der Waals surface area contributed by atoms with Gasteiger partial charge < -0.3 is 9.73 Å². The molecule has 0 unspecified atom stereocenters. The number of benzene rings is 1. The highest BCUT2D eigenvalue weighted by Gasteiger charge is 2.19. The van der Waals surface area contributed by atoms with E-state index < -0.39 is 10.0 Å². The first kappa shape index (κ1) is 14.9. The molecule has 5 nitrogen and oxygen atoms in total. The molecule has 108 valence electrons. The van der Waals surface area contributed by atoms with Crippen LogP contribution in [0.25, 0.3) is 0 Å².